The van der Waals surface area contributed by atoms with Gasteiger partial charge in [-0.05, 0) is 24.6 Å². The molecule has 3 rings (SSSR count). The van der Waals surface area contributed by atoms with E-state index in [1.54, 1.807) is 24.3 Å². The first-order valence-electron chi connectivity index (χ1n) is 7.89. The second kappa shape index (κ2) is 7.44. The highest BCUT2D eigenvalue weighted by molar-refractivity contribution is 7.89. The van der Waals surface area contributed by atoms with Gasteiger partial charge in [-0.25, -0.2) is 13.1 Å². The minimum atomic E-state index is -3.66. The molecular formula is C18H21NO4S. The third-order valence-electron chi connectivity index (χ3n) is 3.99. The second-order valence-corrected chi connectivity index (χ2v) is 7.52. The molecule has 2 unspecified atom stereocenters. The Labute approximate surface area is 142 Å². The molecule has 0 radical (unpaired) electrons. The Balaban J connectivity index is 1.89. The molecule has 0 aromatic heterocycles. The fraction of sp³-hybridized carbons (Fsp3) is 0.333. The number of sulfonamides is 1. The molecule has 0 saturated carbocycles. The lowest BCUT2D eigenvalue weighted by atomic mass is 10.0. The monoisotopic (exact) mass is 347 g/mol. The van der Waals surface area contributed by atoms with Gasteiger partial charge in [-0.2, -0.15) is 0 Å². The van der Waals surface area contributed by atoms with Gasteiger partial charge in [0.05, 0.1) is 30.8 Å². The van der Waals surface area contributed by atoms with Crippen LogP contribution in [0.2, 0.25) is 0 Å². The normalized spacial score (nSPS) is 19.8. The van der Waals surface area contributed by atoms with Gasteiger partial charge in [0.25, 0.3) is 0 Å². The van der Waals surface area contributed by atoms with E-state index < -0.39 is 16.1 Å². The minimum Gasteiger partial charge on any atom is -0.376 e. The van der Waals surface area contributed by atoms with Gasteiger partial charge in [-0.15, -0.1) is 0 Å². The Morgan fingerprint density at radius 3 is 2.38 bits per heavy atom. The Hall–Kier alpha value is -1.73. The molecule has 0 amide bonds. The van der Waals surface area contributed by atoms with E-state index >= 15 is 0 Å². The van der Waals surface area contributed by atoms with E-state index in [0.717, 1.165) is 11.1 Å². The fourth-order valence-corrected chi connectivity index (χ4v) is 3.92. The molecule has 0 spiro atoms. The van der Waals surface area contributed by atoms with Crippen LogP contribution in [0.15, 0.2) is 59.5 Å². The topological polar surface area (TPSA) is 64.6 Å². The van der Waals surface area contributed by atoms with Crippen molar-refractivity contribution in [3.63, 3.8) is 0 Å². The molecule has 1 saturated heterocycles. The zero-order chi connectivity index (χ0) is 17.0. The SMILES string of the molecule is Cc1ccc(S(=O)(=O)NC(c2ccccc2)C2COCCO2)cc1. The summed E-state index contributed by atoms with van der Waals surface area (Å²) in [6.07, 6.45) is -0.360. The zero-order valence-corrected chi connectivity index (χ0v) is 14.3. The molecule has 1 N–H and O–H groups in total. The first kappa shape index (κ1) is 17.1. The minimum absolute atomic E-state index is 0.241. The fourth-order valence-electron chi connectivity index (χ4n) is 2.67. The summed E-state index contributed by atoms with van der Waals surface area (Å²) < 4.78 is 39.5. The standard InChI is InChI=1S/C18H21NO4S/c1-14-7-9-16(10-8-14)24(20,21)19-18(15-5-3-2-4-6-15)17-13-22-11-12-23-17/h2-10,17-19H,11-13H2,1H3. The van der Waals surface area contributed by atoms with E-state index in [9.17, 15) is 8.42 Å². The maximum Gasteiger partial charge on any atom is 0.241 e. The summed E-state index contributed by atoms with van der Waals surface area (Å²) in [5, 5.41) is 0. The maximum absolute atomic E-state index is 12.8. The summed E-state index contributed by atoms with van der Waals surface area (Å²) in [6.45, 7) is 3.27. The highest BCUT2D eigenvalue weighted by atomic mass is 32.2. The Morgan fingerprint density at radius 2 is 1.75 bits per heavy atom. The van der Waals surface area contributed by atoms with Crippen molar-refractivity contribution in [2.75, 3.05) is 19.8 Å². The Kier molecular flexibility index (Phi) is 5.30. The first-order valence-corrected chi connectivity index (χ1v) is 9.38. The predicted octanol–water partition coefficient (Wildman–Crippen LogP) is 2.43. The van der Waals surface area contributed by atoms with Gasteiger partial charge in [0.2, 0.25) is 10.0 Å². The molecule has 0 aliphatic carbocycles. The highest BCUT2D eigenvalue weighted by Gasteiger charge is 2.31. The third kappa shape index (κ3) is 4.02. The first-order chi connectivity index (χ1) is 11.6. The van der Waals surface area contributed by atoms with Crippen molar-refractivity contribution in [2.24, 2.45) is 0 Å². The summed E-state index contributed by atoms with van der Waals surface area (Å²) in [6, 6.07) is 15.7. The number of benzene rings is 2. The molecule has 1 fully saturated rings. The van der Waals surface area contributed by atoms with Crippen molar-refractivity contribution in [3.8, 4) is 0 Å². The van der Waals surface area contributed by atoms with E-state index in [2.05, 4.69) is 4.72 Å². The van der Waals surface area contributed by atoms with E-state index in [4.69, 9.17) is 9.47 Å². The average molecular weight is 347 g/mol. The summed E-state index contributed by atoms with van der Waals surface area (Å²) in [5.41, 5.74) is 1.86. The maximum atomic E-state index is 12.8. The average Bonchev–Trinajstić information content (AvgIpc) is 2.62. The van der Waals surface area contributed by atoms with Crippen LogP contribution in [0.5, 0.6) is 0 Å². The summed E-state index contributed by atoms with van der Waals surface area (Å²) in [5.74, 6) is 0. The zero-order valence-electron chi connectivity index (χ0n) is 13.5. The van der Waals surface area contributed by atoms with Crippen LogP contribution in [-0.2, 0) is 19.5 Å². The van der Waals surface area contributed by atoms with Crippen molar-refractivity contribution in [1.29, 1.82) is 0 Å². The molecule has 1 aliphatic rings. The number of hydrogen-bond acceptors (Lipinski definition) is 4. The molecular weight excluding hydrogens is 326 g/mol. The third-order valence-corrected chi connectivity index (χ3v) is 5.44. The lowest BCUT2D eigenvalue weighted by Gasteiger charge is -2.31. The number of rotatable bonds is 5. The summed E-state index contributed by atoms with van der Waals surface area (Å²) in [7, 11) is -3.66. The molecule has 6 heteroatoms. The summed E-state index contributed by atoms with van der Waals surface area (Å²) >= 11 is 0. The quantitative estimate of drug-likeness (QED) is 0.902. The second-order valence-electron chi connectivity index (χ2n) is 5.81. The van der Waals surface area contributed by atoms with Crippen LogP contribution in [0, 0.1) is 6.92 Å². The van der Waals surface area contributed by atoms with Gasteiger partial charge in [0, 0.05) is 0 Å². The van der Waals surface area contributed by atoms with Crippen LogP contribution < -0.4 is 4.72 Å². The van der Waals surface area contributed by atoms with Crippen LogP contribution in [0.4, 0.5) is 0 Å². The molecule has 1 aliphatic heterocycles. The van der Waals surface area contributed by atoms with E-state index in [1.165, 1.54) is 0 Å². The van der Waals surface area contributed by atoms with Crippen LogP contribution >= 0.6 is 0 Å². The van der Waals surface area contributed by atoms with Gasteiger partial charge < -0.3 is 9.47 Å². The largest absolute Gasteiger partial charge is 0.376 e. The van der Waals surface area contributed by atoms with E-state index in [-0.39, 0.29) is 11.0 Å². The van der Waals surface area contributed by atoms with Crippen LogP contribution in [0.3, 0.4) is 0 Å². The number of ether oxygens (including phenoxy) is 2. The van der Waals surface area contributed by atoms with Crippen LogP contribution in [0.25, 0.3) is 0 Å². The van der Waals surface area contributed by atoms with Crippen LogP contribution in [0.1, 0.15) is 17.2 Å². The van der Waals surface area contributed by atoms with Gasteiger partial charge in [0.1, 0.15) is 6.10 Å². The van der Waals surface area contributed by atoms with Crippen molar-refractivity contribution in [2.45, 2.75) is 24.0 Å². The molecule has 2 aromatic carbocycles. The predicted molar refractivity (Wildman–Crippen MR) is 91.2 cm³/mol. The van der Waals surface area contributed by atoms with Gasteiger partial charge in [0.15, 0.2) is 0 Å². The van der Waals surface area contributed by atoms with Crippen molar-refractivity contribution < 1.29 is 17.9 Å². The lowest BCUT2D eigenvalue weighted by molar-refractivity contribution is -0.0995. The van der Waals surface area contributed by atoms with Gasteiger partial charge in [-0.3, -0.25) is 0 Å². The van der Waals surface area contributed by atoms with E-state index in [1.807, 2.05) is 37.3 Å². The highest BCUT2D eigenvalue weighted by Crippen LogP contribution is 2.24. The summed E-state index contributed by atoms with van der Waals surface area (Å²) in [4.78, 5) is 0.241. The molecule has 5 nitrogen and oxygen atoms in total. The molecule has 1 heterocycles. The van der Waals surface area contributed by atoms with E-state index in [0.29, 0.717) is 19.8 Å². The van der Waals surface area contributed by atoms with Crippen molar-refractivity contribution >= 4 is 10.0 Å². The Bertz CT molecular complexity index is 753. The van der Waals surface area contributed by atoms with Crippen LogP contribution in [-0.4, -0.2) is 34.3 Å². The van der Waals surface area contributed by atoms with Gasteiger partial charge in [-0.1, -0.05) is 48.0 Å². The Morgan fingerprint density at radius 1 is 1.04 bits per heavy atom. The molecule has 128 valence electrons. The molecule has 0 bridgehead atoms. The molecule has 24 heavy (non-hydrogen) atoms. The van der Waals surface area contributed by atoms with Gasteiger partial charge >= 0.3 is 0 Å². The lowest BCUT2D eigenvalue weighted by Crippen LogP contribution is -2.42. The number of hydrogen-bond donors (Lipinski definition) is 1. The smallest absolute Gasteiger partial charge is 0.241 e. The molecule has 2 atom stereocenters. The van der Waals surface area contributed by atoms with Crippen molar-refractivity contribution in [3.05, 3.63) is 65.7 Å². The van der Waals surface area contributed by atoms with Crippen molar-refractivity contribution in [1.82, 2.24) is 4.72 Å². The molecule has 2 aromatic rings. The number of nitrogens with one attached hydrogen (secondary N) is 1. The number of aryl methyl sites for hydroxylation is 1.